The average Bonchev–Trinajstić information content (AvgIpc) is 2.00. The van der Waals surface area contributed by atoms with E-state index >= 15 is 0 Å². The lowest BCUT2D eigenvalue weighted by atomic mass is 10.4. The fourth-order valence-electron chi connectivity index (χ4n) is 0.824. The predicted molar refractivity (Wildman–Crippen MR) is 54.1 cm³/mol. The zero-order valence-electron chi connectivity index (χ0n) is 7.71. The van der Waals surface area contributed by atoms with Gasteiger partial charge < -0.3 is 0 Å². The number of nitrogens with two attached hydrogens (primary N) is 1. The van der Waals surface area contributed by atoms with Crippen molar-refractivity contribution in [1.29, 1.82) is 0 Å². The van der Waals surface area contributed by atoms with Gasteiger partial charge in [0.1, 0.15) is 0 Å². The number of sulfone groups is 1. The second-order valence-corrected chi connectivity index (χ2v) is 6.06. The molecule has 0 saturated heterocycles. The van der Waals surface area contributed by atoms with E-state index in [0.717, 1.165) is 12.5 Å². The summed E-state index contributed by atoms with van der Waals surface area (Å²) in [4.78, 5) is 3.56. The van der Waals surface area contributed by atoms with Crippen molar-refractivity contribution in [2.24, 2.45) is 5.14 Å². The fourth-order valence-corrected chi connectivity index (χ4v) is 1.83. The molecule has 0 radical (unpaired) electrons. The van der Waals surface area contributed by atoms with Crippen LogP contribution in [0.4, 0.5) is 5.69 Å². The maximum atomic E-state index is 11.0. The molecule has 0 bridgehead atoms. The van der Waals surface area contributed by atoms with Crippen molar-refractivity contribution in [2.45, 2.75) is 5.03 Å². The van der Waals surface area contributed by atoms with Crippen LogP contribution >= 0.6 is 0 Å². The maximum Gasteiger partial charge on any atom is 0.296 e. The molecule has 0 amide bonds. The van der Waals surface area contributed by atoms with Crippen LogP contribution in [0.1, 0.15) is 0 Å². The molecule has 84 valence electrons. The summed E-state index contributed by atoms with van der Waals surface area (Å²) in [5.41, 5.74) is 0.102. The van der Waals surface area contributed by atoms with Gasteiger partial charge in [0.15, 0.2) is 14.9 Å². The van der Waals surface area contributed by atoms with Crippen LogP contribution in [0.3, 0.4) is 0 Å². The topological polar surface area (TPSA) is 119 Å². The molecular weight excluding hydrogens is 242 g/mol. The van der Waals surface area contributed by atoms with E-state index in [9.17, 15) is 16.8 Å². The normalized spacial score (nSPS) is 12.4. The first-order valence-electron chi connectivity index (χ1n) is 3.65. The monoisotopic (exact) mass is 251 g/mol. The summed E-state index contributed by atoms with van der Waals surface area (Å²) < 4.78 is 45.2. The van der Waals surface area contributed by atoms with Crippen LogP contribution in [0.25, 0.3) is 0 Å². The van der Waals surface area contributed by atoms with E-state index in [1.165, 1.54) is 12.1 Å². The molecule has 0 saturated carbocycles. The molecule has 3 N–H and O–H groups in total. The quantitative estimate of drug-likeness (QED) is 0.721. The Labute approximate surface area is 87.4 Å². The number of anilines is 1. The van der Waals surface area contributed by atoms with Crippen molar-refractivity contribution in [2.75, 3.05) is 11.0 Å². The third-order valence-electron chi connectivity index (χ3n) is 1.38. The van der Waals surface area contributed by atoms with Crippen LogP contribution in [0, 0.1) is 0 Å². The highest BCUT2D eigenvalue weighted by atomic mass is 32.2. The fraction of sp³-hybridized carbons (Fsp3) is 0.167. The van der Waals surface area contributed by atoms with Crippen molar-refractivity contribution in [1.82, 2.24) is 4.98 Å². The molecule has 15 heavy (non-hydrogen) atoms. The lowest BCUT2D eigenvalue weighted by molar-refractivity contribution is 0.598. The minimum absolute atomic E-state index is 0.102. The van der Waals surface area contributed by atoms with Gasteiger partial charge in [-0.3, -0.25) is 4.72 Å². The Morgan fingerprint density at radius 3 is 2.20 bits per heavy atom. The highest BCUT2D eigenvalue weighted by Gasteiger charge is 2.09. The minimum Gasteiger partial charge on any atom is -0.270 e. The number of hydrogen-bond donors (Lipinski definition) is 2. The summed E-state index contributed by atoms with van der Waals surface area (Å²) in [5.74, 6) is 0. The smallest absolute Gasteiger partial charge is 0.270 e. The first-order valence-corrected chi connectivity index (χ1v) is 7.09. The van der Waals surface area contributed by atoms with Crippen LogP contribution < -0.4 is 9.86 Å². The molecule has 1 rings (SSSR count). The molecule has 0 aliphatic carbocycles. The summed E-state index contributed by atoms with van der Waals surface area (Å²) in [5, 5.41) is 4.57. The summed E-state index contributed by atoms with van der Waals surface area (Å²) in [6, 6.07) is 2.44. The van der Waals surface area contributed by atoms with Gasteiger partial charge in [0.05, 0.1) is 11.9 Å². The third kappa shape index (κ3) is 3.81. The van der Waals surface area contributed by atoms with Crippen molar-refractivity contribution in [3.05, 3.63) is 18.3 Å². The standard InChI is InChI=1S/C6H9N3O4S2/c1-14(10,11)6-3-2-5(4-8-6)9-15(7,12)13/h2-4,9H,1H3,(H2,7,12,13). The molecule has 1 aromatic heterocycles. The molecule has 0 aliphatic heterocycles. The van der Waals surface area contributed by atoms with Gasteiger partial charge in [0, 0.05) is 6.26 Å². The van der Waals surface area contributed by atoms with Crippen LogP contribution in [0.15, 0.2) is 23.4 Å². The molecule has 0 unspecified atom stereocenters. The molecule has 0 spiro atoms. The van der Waals surface area contributed by atoms with E-state index < -0.39 is 20.0 Å². The Kier molecular flexibility index (Phi) is 2.98. The van der Waals surface area contributed by atoms with E-state index in [4.69, 9.17) is 5.14 Å². The minimum atomic E-state index is -3.86. The SMILES string of the molecule is CS(=O)(=O)c1ccc(NS(N)(=O)=O)cn1. The zero-order chi connectivity index (χ0) is 11.7. The zero-order valence-corrected chi connectivity index (χ0v) is 9.34. The van der Waals surface area contributed by atoms with E-state index in [2.05, 4.69) is 4.98 Å². The van der Waals surface area contributed by atoms with Crippen LogP contribution in [-0.4, -0.2) is 28.1 Å². The highest BCUT2D eigenvalue weighted by Crippen LogP contribution is 2.10. The molecule has 1 aromatic rings. The van der Waals surface area contributed by atoms with E-state index in [1.54, 1.807) is 0 Å². The number of hydrogen-bond acceptors (Lipinski definition) is 5. The summed E-state index contributed by atoms with van der Waals surface area (Å²) in [6.45, 7) is 0. The van der Waals surface area contributed by atoms with Crippen LogP contribution in [-0.2, 0) is 20.0 Å². The van der Waals surface area contributed by atoms with Gasteiger partial charge in [-0.05, 0) is 12.1 Å². The van der Waals surface area contributed by atoms with Crippen molar-refractivity contribution in [3.8, 4) is 0 Å². The maximum absolute atomic E-state index is 11.0. The average molecular weight is 251 g/mol. The lowest BCUT2D eigenvalue weighted by Crippen LogP contribution is -2.21. The predicted octanol–water partition coefficient (Wildman–Crippen LogP) is -0.899. The van der Waals surface area contributed by atoms with E-state index in [1.807, 2.05) is 4.72 Å². The molecule has 0 aliphatic rings. The molecule has 0 aromatic carbocycles. The summed E-state index contributed by atoms with van der Waals surface area (Å²) in [6.07, 6.45) is 2.07. The first-order chi connectivity index (χ1) is 6.68. The molecular formula is C6H9N3O4S2. The second-order valence-electron chi connectivity index (χ2n) is 2.80. The van der Waals surface area contributed by atoms with Crippen molar-refractivity contribution >= 4 is 25.7 Å². The lowest BCUT2D eigenvalue weighted by Gasteiger charge is -2.03. The number of nitrogens with one attached hydrogen (secondary N) is 1. The second kappa shape index (κ2) is 3.76. The molecule has 7 nitrogen and oxygen atoms in total. The Morgan fingerprint density at radius 1 is 1.27 bits per heavy atom. The van der Waals surface area contributed by atoms with Gasteiger partial charge in [-0.2, -0.15) is 8.42 Å². The summed E-state index contributed by atoms with van der Waals surface area (Å²) >= 11 is 0. The first kappa shape index (κ1) is 11.9. The highest BCUT2D eigenvalue weighted by molar-refractivity contribution is 7.90. The molecule has 9 heteroatoms. The van der Waals surface area contributed by atoms with E-state index in [-0.39, 0.29) is 10.7 Å². The number of nitrogens with zero attached hydrogens (tertiary/aromatic N) is 1. The van der Waals surface area contributed by atoms with Gasteiger partial charge in [-0.25, -0.2) is 18.5 Å². The largest absolute Gasteiger partial charge is 0.296 e. The van der Waals surface area contributed by atoms with Crippen molar-refractivity contribution < 1.29 is 16.8 Å². The number of pyridine rings is 1. The Hall–Kier alpha value is -1.19. The van der Waals surface area contributed by atoms with Crippen molar-refractivity contribution in [3.63, 3.8) is 0 Å². The van der Waals surface area contributed by atoms with Gasteiger partial charge in [-0.1, -0.05) is 0 Å². The number of aromatic nitrogens is 1. The van der Waals surface area contributed by atoms with Gasteiger partial charge in [-0.15, -0.1) is 0 Å². The van der Waals surface area contributed by atoms with Crippen LogP contribution in [0.2, 0.25) is 0 Å². The van der Waals surface area contributed by atoms with Crippen LogP contribution in [0.5, 0.6) is 0 Å². The molecule has 1 heterocycles. The summed E-state index contributed by atoms with van der Waals surface area (Å²) in [7, 11) is -7.25. The van der Waals surface area contributed by atoms with Gasteiger partial charge in [0.2, 0.25) is 0 Å². The number of rotatable bonds is 3. The Bertz CT molecular complexity index is 547. The van der Waals surface area contributed by atoms with Gasteiger partial charge >= 0.3 is 0 Å². The third-order valence-corrected chi connectivity index (χ3v) is 2.90. The van der Waals surface area contributed by atoms with E-state index in [0.29, 0.717) is 0 Å². The van der Waals surface area contributed by atoms with Gasteiger partial charge in [0.25, 0.3) is 10.2 Å². The molecule has 0 atom stereocenters. The molecule has 0 fully saturated rings. The Morgan fingerprint density at radius 2 is 1.87 bits per heavy atom. The Balaban J connectivity index is 3.02.